The van der Waals surface area contributed by atoms with E-state index in [1.54, 1.807) is 6.20 Å². The van der Waals surface area contributed by atoms with Crippen LogP contribution in [0.15, 0.2) is 18.0 Å². The lowest BCUT2D eigenvalue weighted by atomic mass is 10.3. The summed E-state index contributed by atoms with van der Waals surface area (Å²) < 4.78 is 0. The minimum Gasteiger partial charge on any atom is -0.259 e. The average molecular weight is 169 g/mol. The number of nitrogens with zero attached hydrogens (tertiary/aromatic N) is 2. The summed E-state index contributed by atoms with van der Waals surface area (Å²) in [6.07, 6.45) is 5.13. The molecule has 3 heteroatoms. The van der Waals surface area contributed by atoms with Crippen molar-refractivity contribution in [2.75, 3.05) is 0 Å². The lowest BCUT2D eigenvalue weighted by Crippen LogP contribution is -1.83. The van der Waals surface area contributed by atoms with E-state index in [2.05, 4.69) is 9.97 Å². The van der Waals surface area contributed by atoms with Crippen LogP contribution in [-0.2, 0) is 0 Å². The van der Waals surface area contributed by atoms with E-state index in [-0.39, 0.29) is 0 Å². The molecule has 0 bridgehead atoms. The summed E-state index contributed by atoms with van der Waals surface area (Å²) in [6, 6.07) is 0. The predicted molar refractivity (Wildman–Crippen MR) is 46.4 cm³/mol. The Labute approximate surface area is 70.9 Å². The molecule has 2 nitrogen and oxygen atoms in total. The Morgan fingerprint density at radius 3 is 2.73 bits per heavy atom. The second-order valence-corrected chi connectivity index (χ2v) is 2.88. The average Bonchev–Trinajstić information content (AvgIpc) is 1.85. The van der Waals surface area contributed by atoms with Crippen molar-refractivity contribution in [1.82, 2.24) is 9.97 Å². The van der Waals surface area contributed by atoms with Crippen LogP contribution >= 0.6 is 11.6 Å². The van der Waals surface area contributed by atoms with Gasteiger partial charge in [-0.25, -0.2) is 4.98 Å². The molecule has 0 saturated heterocycles. The van der Waals surface area contributed by atoms with Gasteiger partial charge in [-0.3, -0.25) is 4.98 Å². The van der Waals surface area contributed by atoms with E-state index in [1.807, 2.05) is 19.9 Å². The molecule has 1 aromatic heterocycles. The first-order valence-electron chi connectivity index (χ1n) is 3.31. The fourth-order valence-corrected chi connectivity index (χ4v) is 0.875. The van der Waals surface area contributed by atoms with E-state index < -0.39 is 0 Å². The molecule has 0 atom stereocenters. The molecule has 0 N–H and O–H groups in total. The minimum atomic E-state index is 0.431. The zero-order chi connectivity index (χ0) is 8.27. The van der Waals surface area contributed by atoms with Crippen molar-refractivity contribution in [3.05, 3.63) is 28.8 Å². The van der Waals surface area contributed by atoms with Crippen LogP contribution in [0.25, 0.3) is 6.08 Å². The highest BCUT2D eigenvalue weighted by atomic mass is 35.5. The molecule has 1 rings (SSSR count). The van der Waals surface area contributed by atoms with Gasteiger partial charge in [-0.15, -0.1) is 0 Å². The lowest BCUT2D eigenvalue weighted by Gasteiger charge is -1.92. The molecule has 0 aliphatic rings. The number of rotatable bonds is 1. The predicted octanol–water partition coefficient (Wildman–Crippen LogP) is 2.55. The van der Waals surface area contributed by atoms with Crippen LogP contribution in [-0.4, -0.2) is 9.97 Å². The van der Waals surface area contributed by atoms with Gasteiger partial charge >= 0.3 is 0 Å². The van der Waals surface area contributed by atoms with Crippen molar-refractivity contribution in [3.8, 4) is 0 Å². The maximum Gasteiger partial charge on any atom is 0.148 e. The second kappa shape index (κ2) is 3.49. The maximum absolute atomic E-state index is 5.63. The molecule has 0 aliphatic heterocycles. The van der Waals surface area contributed by atoms with Crippen LogP contribution in [0.5, 0.6) is 0 Å². The highest BCUT2D eigenvalue weighted by Gasteiger charge is 1.91. The number of hydrogen-bond donors (Lipinski definition) is 0. The van der Waals surface area contributed by atoms with E-state index in [0.717, 1.165) is 5.69 Å². The van der Waals surface area contributed by atoms with E-state index in [4.69, 9.17) is 11.6 Å². The molecule has 0 aliphatic carbocycles. The number of hydrogen-bond acceptors (Lipinski definition) is 2. The summed E-state index contributed by atoms with van der Waals surface area (Å²) in [5, 5.41) is 0.431. The van der Waals surface area contributed by atoms with Gasteiger partial charge in [0.15, 0.2) is 0 Å². The Kier molecular flexibility index (Phi) is 2.60. The number of aromatic nitrogens is 2. The molecule has 11 heavy (non-hydrogen) atoms. The first-order chi connectivity index (χ1) is 5.18. The third-order valence-corrected chi connectivity index (χ3v) is 1.24. The number of allylic oxidation sites excluding steroid dienone is 1. The molecule has 1 aromatic rings. The normalized spacial score (nSPS) is 9.36. The Bertz CT molecular complexity index is 277. The van der Waals surface area contributed by atoms with Gasteiger partial charge in [-0.2, -0.15) is 0 Å². The highest BCUT2D eigenvalue weighted by Crippen LogP contribution is 2.05. The van der Waals surface area contributed by atoms with Crippen LogP contribution in [0.2, 0.25) is 5.15 Å². The second-order valence-electron chi connectivity index (χ2n) is 2.49. The van der Waals surface area contributed by atoms with Gasteiger partial charge in [-0.1, -0.05) is 17.2 Å². The molecule has 0 amide bonds. The Morgan fingerprint density at radius 1 is 1.45 bits per heavy atom. The fourth-order valence-electron chi connectivity index (χ4n) is 0.722. The van der Waals surface area contributed by atoms with E-state index in [9.17, 15) is 0 Å². The molecule has 0 fully saturated rings. The lowest BCUT2D eigenvalue weighted by molar-refractivity contribution is 1.17. The molecule has 0 aromatic carbocycles. The largest absolute Gasteiger partial charge is 0.259 e. The van der Waals surface area contributed by atoms with Crippen LogP contribution in [0, 0.1) is 0 Å². The van der Waals surface area contributed by atoms with Crippen molar-refractivity contribution in [2.24, 2.45) is 0 Å². The first-order valence-corrected chi connectivity index (χ1v) is 3.69. The molecule has 58 valence electrons. The molecular formula is C8H9ClN2. The SMILES string of the molecule is CC(C)=Cc1cncc(Cl)n1. The standard InChI is InChI=1S/C8H9ClN2/c1-6(2)3-7-4-10-5-8(9)11-7/h3-5H,1-2H3. The minimum absolute atomic E-state index is 0.431. The highest BCUT2D eigenvalue weighted by molar-refractivity contribution is 6.29. The van der Waals surface area contributed by atoms with Crippen molar-refractivity contribution < 1.29 is 0 Å². The maximum atomic E-state index is 5.63. The van der Waals surface area contributed by atoms with Gasteiger partial charge in [0.1, 0.15) is 5.15 Å². The Morgan fingerprint density at radius 2 is 2.18 bits per heavy atom. The van der Waals surface area contributed by atoms with Crippen LogP contribution in [0.3, 0.4) is 0 Å². The summed E-state index contributed by atoms with van der Waals surface area (Å²) in [5.74, 6) is 0. The molecule has 0 saturated carbocycles. The van der Waals surface area contributed by atoms with Gasteiger partial charge in [0.25, 0.3) is 0 Å². The quantitative estimate of drug-likeness (QED) is 0.644. The molecule has 0 radical (unpaired) electrons. The topological polar surface area (TPSA) is 25.8 Å². The summed E-state index contributed by atoms with van der Waals surface area (Å²) in [7, 11) is 0. The Balaban J connectivity index is 2.97. The van der Waals surface area contributed by atoms with Crippen LogP contribution in [0.4, 0.5) is 0 Å². The summed E-state index contributed by atoms with van der Waals surface area (Å²) in [5.41, 5.74) is 1.99. The third-order valence-electron chi connectivity index (χ3n) is 1.06. The summed E-state index contributed by atoms with van der Waals surface area (Å²) in [6.45, 7) is 4.01. The summed E-state index contributed by atoms with van der Waals surface area (Å²) in [4.78, 5) is 7.94. The monoisotopic (exact) mass is 168 g/mol. The van der Waals surface area contributed by atoms with Crippen molar-refractivity contribution >= 4 is 17.7 Å². The van der Waals surface area contributed by atoms with Crippen LogP contribution in [0.1, 0.15) is 19.5 Å². The van der Waals surface area contributed by atoms with Gasteiger partial charge in [0.05, 0.1) is 18.1 Å². The van der Waals surface area contributed by atoms with E-state index in [0.29, 0.717) is 5.15 Å². The van der Waals surface area contributed by atoms with Crippen molar-refractivity contribution in [1.29, 1.82) is 0 Å². The third kappa shape index (κ3) is 2.68. The van der Waals surface area contributed by atoms with Gasteiger partial charge in [0, 0.05) is 0 Å². The van der Waals surface area contributed by atoms with Gasteiger partial charge in [0.2, 0.25) is 0 Å². The molecule has 0 unspecified atom stereocenters. The van der Waals surface area contributed by atoms with Crippen molar-refractivity contribution in [3.63, 3.8) is 0 Å². The smallest absolute Gasteiger partial charge is 0.148 e. The molecular weight excluding hydrogens is 160 g/mol. The number of halogens is 1. The van der Waals surface area contributed by atoms with Gasteiger partial charge < -0.3 is 0 Å². The zero-order valence-electron chi connectivity index (χ0n) is 6.50. The molecule has 0 spiro atoms. The molecule has 1 heterocycles. The van der Waals surface area contributed by atoms with E-state index in [1.165, 1.54) is 11.8 Å². The fraction of sp³-hybridized carbons (Fsp3) is 0.250. The Hall–Kier alpha value is -0.890. The van der Waals surface area contributed by atoms with Gasteiger partial charge in [-0.05, 0) is 19.9 Å². The zero-order valence-corrected chi connectivity index (χ0v) is 7.26. The van der Waals surface area contributed by atoms with E-state index >= 15 is 0 Å². The van der Waals surface area contributed by atoms with Crippen molar-refractivity contribution in [2.45, 2.75) is 13.8 Å². The first kappa shape index (κ1) is 8.21. The van der Waals surface area contributed by atoms with Crippen LogP contribution < -0.4 is 0 Å². The summed E-state index contributed by atoms with van der Waals surface area (Å²) >= 11 is 5.63.